The second-order valence-corrected chi connectivity index (χ2v) is 5.91. The van der Waals surface area contributed by atoms with E-state index in [1.54, 1.807) is 0 Å². The van der Waals surface area contributed by atoms with Crippen LogP contribution in [0, 0.1) is 5.92 Å². The molecule has 0 saturated carbocycles. The van der Waals surface area contributed by atoms with E-state index in [-0.39, 0.29) is 23.9 Å². The van der Waals surface area contributed by atoms with Gasteiger partial charge in [0.25, 0.3) is 0 Å². The molecule has 18 heavy (non-hydrogen) atoms. The number of nitrogens with one attached hydrogen (secondary N) is 1. The Morgan fingerprint density at radius 3 is 2.89 bits per heavy atom. The third-order valence-electron chi connectivity index (χ3n) is 3.73. The largest absolute Gasteiger partial charge is 0.349 e. The van der Waals surface area contributed by atoms with Crippen LogP contribution in [0.25, 0.3) is 0 Å². The van der Waals surface area contributed by atoms with E-state index in [4.69, 9.17) is 5.73 Å². The van der Waals surface area contributed by atoms with Gasteiger partial charge in [-0.3, -0.25) is 4.79 Å². The monoisotopic (exact) mass is 310 g/mol. The Bertz CT molecular complexity index is 459. The third-order valence-corrected chi connectivity index (χ3v) is 4.48. The zero-order chi connectivity index (χ0) is 13.3. The minimum absolute atomic E-state index is 0.0443. The molecule has 3 nitrogen and oxygen atoms in total. The maximum absolute atomic E-state index is 12.0. The summed E-state index contributed by atoms with van der Waals surface area (Å²) in [6.45, 7) is 3.74. The van der Waals surface area contributed by atoms with Gasteiger partial charge in [-0.25, -0.2) is 0 Å². The van der Waals surface area contributed by atoms with Gasteiger partial charge >= 0.3 is 0 Å². The van der Waals surface area contributed by atoms with Gasteiger partial charge in [-0.2, -0.15) is 0 Å². The summed E-state index contributed by atoms with van der Waals surface area (Å²) >= 11 is 3.56. The number of rotatable bonds is 3. The fraction of sp³-hybridized carbons (Fsp3) is 0.500. The predicted molar refractivity (Wildman–Crippen MR) is 76.2 cm³/mol. The van der Waals surface area contributed by atoms with Crippen LogP contribution >= 0.6 is 15.9 Å². The molecule has 0 aromatic heterocycles. The molecule has 98 valence electrons. The molecule has 4 heteroatoms. The number of hydrogen-bond donors (Lipinski definition) is 2. The molecule has 0 bridgehead atoms. The van der Waals surface area contributed by atoms with Gasteiger partial charge in [0.15, 0.2) is 0 Å². The van der Waals surface area contributed by atoms with Crippen LogP contribution in [0.2, 0.25) is 0 Å². The van der Waals surface area contributed by atoms with Crippen molar-refractivity contribution in [3.8, 4) is 0 Å². The molecule has 0 aliphatic heterocycles. The third kappa shape index (κ3) is 2.59. The van der Waals surface area contributed by atoms with Crippen LogP contribution in [-0.4, -0.2) is 11.9 Å². The topological polar surface area (TPSA) is 55.1 Å². The molecule has 1 amide bonds. The Hall–Kier alpha value is -0.870. The molecule has 3 unspecified atom stereocenters. The molecule has 0 radical (unpaired) electrons. The van der Waals surface area contributed by atoms with E-state index in [0.29, 0.717) is 0 Å². The van der Waals surface area contributed by atoms with Crippen molar-refractivity contribution in [3.05, 3.63) is 33.8 Å². The van der Waals surface area contributed by atoms with E-state index < -0.39 is 0 Å². The Morgan fingerprint density at radius 1 is 1.50 bits per heavy atom. The van der Waals surface area contributed by atoms with Crippen LogP contribution < -0.4 is 11.1 Å². The highest BCUT2D eigenvalue weighted by molar-refractivity contribution is 9.10. The lowest BCUT2D eigenvalue weighted by Crippen LogP contribution is -2.39. The normalized spacial score (nSPS) is 21.2. The molecule has 0 saturated heterocycles. The molecule has 0 fully saturated rings. The molecular formula is C14H19BrN2O. The van der Waals surface area contributed by atoms with E-state index in [0.717, 1.165) is 17.3 Å². The molecule has 0 heterocycles. The van der Waals surface area contributed by atoms with Gasteiger partial charge in [0.2, 0.25) is 5.91 Å². The van der Waals surface area contributed by atoms with Gasteiger partial charge in [-0.15, -0.1) is 0 Å². The fourth-order valence-corrected chi connectivity index (χ4v) is 2.88. The van der Waals surface area contributed by atoms with Gasteiger partial charge in [0, 0.05) is 16.4 Å². The Morgan fingerprint density at radius 2 is 2.22 bits per heavy atom. The van der Waals surface area contributed by atoms with Gasteiger partial charge in [-0.05, 0) is 37.0 Å². The van der Waals surface area contributed by atoms with Crippen molar-refractivity contribution >= 4 is 21.8 Å². The number of hydrogen-bond acceptors (Lipinski definition) is 2. The number of fused-ring (bicyclic) bond motifs is 1. The van der Waals surface area contributed by atoms with Crippen molar-refractivity contribution in [2.45, 2.75) is 38.8 Å². The lowest BCUT2D eigenvalue weighted by Gasteiger charge is -2.20. The molecule has 2 rings (SSSR count). The van der Waals surface area contributed by atoms with Crippen LogP contribution in [0.1, 0.15) is 37.4 Å². The minimum Gasteiger partial charge on any atom is -0.349 e. The van der Waals surface area contributed by atoms with Crippen LogP contribution in [-0.2, 0) is 11.2 Å². The van der Waals surface area contributed by atoms with Crippen molar-refractivity contribution < 1.29 is 4.79 Å². The first kappa shape index (κ1) is 13.6. The predicted octanol–water partition coefficient (Wildman–Crippen LogP) is 2.54. The summed E-state index contributed by atoms with van der Waals surface area (Å²) in [6, 6.07) is 6.17. The Kier molecular flexibility index (Phi) is 4.07. The highest BCUT2D eigenvalue weighted by atomic mass is 79.9. The summed E-state index contributed by atoms with van der Waals surface area (Å²) in [5.41, 5.74) is 8.31. The summed E-state index contributed by atoms with van der Waals surface area (Å²) in [7, 11) is 0. The minimum atomic E-state index is -0.152. The first-order chi connectivity index (χ1) is 8.50. The number of halogens is 1. The molecule has 0 spiro atoms. The van der Waals surface area contributed by atoms with E-state index >= 15 is 0 Å². The Labute approximate surface area is 116 Å². The Balaban J connectivity index is 2.11. The first-order valence-corrected chi connectivity index (χ1v) is 7.13. The summed E-state index contributed by atoms with van der Waals surface area (Å²) in [6.07, 6.45) is 1.98. The van der Waals surface area contributed by atoms with E-state index in [2.05, 4.69) is 27.3 Å². The summed E-state index contributed by atoms with van der Waals surface area (Å²) < 4.78 is 1.14. The summed E-state index contributed by atoms with van der Waals surface area (Å²) in [4.78, 5) is 12.0. The number of carbonyl (C=O) groups is 1. The molecule has 3 N–H and O–H groups in total. The van der Waals surface area contributed by atoms with E-state index in [1.165, 1.54) is 11.1 Å². The van der Waals surface area contributed by atoms with Crippen LogP contribution in [0.15, 0.2) is 22.7 Å². The zero-order valence-corrected chi connectivity index (χ0v) is 12.3. The van der Waals surface area contributed by atoms with Crippen LogP contribution in [0.3, 0.4) is 0 Å². The van der Waals surface area contributed by atoms with Gasteiger partial charge in [-0.1, -0.05) is 35.0 Å². The van der Waals surface area contributed by atoms with E-state index in [1.807, 2.05) is 26.0 Å². The summed E-state index contributed by atoms with van der Waals surface area (Å²) in [5.74, 6) is -0.107. The molecule has 3 atom stereocenters. The highest BCUT2D eigenvalue weighted by Gasteiger charge is 2.27. The second kappa shape index (κ2) is 5.41. The van der Waals surface area contributed by atoms with Crippen molar-refractivity contribution in [1.82, 2.24) is 5.32 Å². The molecular weight excluding hydrogens is 292 g/mol. The maximum atomic E-state index is 12.0. The molecule has 1 aromatic carbocycles. The SMILES string of the molecule is CC(N)C(C)C(=O)NC1CCc2c(Br)cccc21. The molecule has 1 aliphatic carbocycles. The molecule has 1 aromatic rings. The maximum Gasteiger partial charge on any atom is 0.224 e. The molecule has 1 aliphatic rings. The first-order valence-electron chi connectivity index (χ1n) is 6.34. The zero-order valence-electron chi connectivity index (χ0n) is 10.7. The quantitative estimate of drug-likeness (QED) is 0.901. The van der Waals surface area contributed by atoms with E-state index in [9.17, 15) is 4.79 Å². The standard InChI is InChI=1S/C14H19BrN2O/c1-8(9(2)16)14(18)17-13-7-6-10-11(13)4-3-5-12(10)15/h3-5,8-9,13H,6-7,16H2,1-2H3,(H,17,18). The van der Waals surface area contributed by atoms with Crippen LogP contribution in [0.5, 0.6) is 0 Å². The van der Waals surface area contributed by atoms with Crippen molar-refractivity contribution in [2.75, 3.05) is 0 Å². The van der Waals surface area contributed by atoms with Crippen molar-refractivity contribution in [2.24, 2.45) is 11.7 Å². The summed E-state index contributed by atoms with van der Waals surface area (Å²) in [5, 5.41) is 3.10. The number of amides is 1. The lowest BCUT2D eigenvalue weighted by atomic mass is 10.0. The van der Waals surface area contributed by atoms with Gasteiger partial charge in [0.1, 0.15) is 0 Å². The highest BCUT2D eigenvalue weighted by Crippen LogP contribution is 2.35. The average molecular weight is 311 g/mol. The fourth-order valence-electron chi connectivity index (χ4n) is 2.30. The second-order valence-electron chi connectivity index (χ2n) is 5.06. The van der Waals surface area contributed by atoms with Gasteiger partial charge in [0.05, 0.1) is 6.04 Å². The van der Waals surface area contributed by atoms with Gasteiger partial charge < -0.3 is 11.1 Å². The lowest BCUT2D eigenvalue weighted by molar-refractivity contribution is -0.125. The number of nitrogens with two attached hydrogens (primary N) is 1. The number of benzene rings is 1. The number of carbonyl (C=O) groups excluding carboxylic acids is 1. The smallest absolute Gasteiger partial charge is 0.224 e. The van der Waals surface area contributed by atoms with Crippen molar-refractivity contribution in [3.63, 3.8) is 0 Å². The van der Waals surface area contributed by atoms with Crippen molar-refractivity contribution in [1.29, 1.82) is 0 Å². The van der Waals surface area contributed by atoms with Crippen LogP contribution in [0.4, 0.5) is 0 Å². The average Bonchev–Trinajstić information content (AvgIpc) is 2.73.